The molecule has 144 valence electrons. The third-order valence-electron chi connectivity index (χ3n) is 4.30. The van der Waals surface area contributed by atoms with E-state index in [9.17, 15) is 5.11 Å². The van der Waals surface area contributed by atoms with Crippen LogP contribution in [0.3, 0.4) is 0 Å². The molecule has 0 amide bonds. The maximum atomic E-state index is 10.4. The molecular formula is C23H16Cl2N2O2. The molecule has 1 N–H and O–H groups in total. The van der Waals surface area contributed by atoms with E-state index >= 15 is 0 Å². The number of oxazole rings is 1. The number of aromatic nitrogens is 1. The van der Waals surface area contributed by atoms with Gasteiger partial charge in [0, 0.05) is 22.3 Å². The molecule has 6 heteroatoms. The second-order valence-corrected chi connectivity index (χ2v) is 7.34. The lowest BCUT2D eigenvalue weighted by atomic mass is 10.2. The van der Waals surface area contributed by atoms with Crippen LogP contribution in [0.15, 0.2) is 70.1 Å². The van der Waals surface area contributed by atoms with Crippen molar-refractivity contribution in [3.63, 3.8) is 0 Å². The number of nitrogens with zero attached hydrogens (tertiary/aromatic N) is 2. The van der Waals surface area contributed by atoms with E-state index in [4.69, 9.17) is 27.6 Å². The molecular weight excluding hydrogens is 407 g/mol. The van der Waals surface area contributed by atoms with Gasteiger partial charge in [0.25, 0.3) is 0 Å². The fourth-order valence-corrected chi connectivity index (χ4v) is 3.31. The molecule has 0 spiro atoms. The average Bonchev–Trinajstić information content (AvgIpc) is 3.09. The van der Waals surface area contributed by atoms with Gasteiger partial charge in [0.05, 0.1) is 11.3 Å². The van der Waals surface area contributed by atoms with E-state index in [0.717, 1.165) is 16.6 Å². The lowest BCUT2D eigenvalue weighted by Crippen LogP contribution is -1.79. The van der Waals surface area contributed by atoms with Crippen molar-refractivity contribution in [2.75, 3.05) is 0 Å². The van der Waals surface area contributed by atoms with E-state index in [-0.39, 0.29) is 5.75 Å². The molecule has 1 aromatic heterocycles. The first-order valence-electron chi connectivity index (χ1n) is 8.86. The van der Waals surface area contributed by atoms with E-state index < -0.39 is 0 Å². The van der Waals surface area contributed by atoms with Crippen molar-refractivity contribution in [3.8, 4) is 17.2 Å². The first-order valence-corrected chi connectivity index (χ1v) is 9.61. The highest BCUT2D eigenvalue weighted by Crippen LogP contribution is 2.34. The number of aryl methyl sites for hydroxylation is 1. The number of aromatic hydroxyl groups is 1. The first-order chi connectivity index (χ1) is 14.0. The van der Waals surface area contributed by atoms with Gasteiger partial charge in [-0.05, 0) is 60.5 Å². The minimum atomic E-state index is 0.0488. The quantitative estimate of drug-likeness (QED) is 0.352. The molecule has 3 aromatic carbocycles. The van der Waals surface area contributed by atoms with E-state index in [0.29, 0.717) is 32.8 Å². The molecule has 29 heavy (non-hydrogen) atoms. The maximum absolute atomic E-state index is 10.4. The summed E-state index contributed by atoms with van der Waals surface area (Å²) in [7, 11) is 0. The molecule has 0 aliphatic rings. The van der Waals surface area contributed by atoms with Crippen molar-refractivity contribution < 1.29 is 9.52 Å². The predicted molar refractivity (Wildman–Crippen MR) is 119 cm³/mol. The van der Waals surface area contributed by atoms with Crippen molar-refractivity contribution >= 4 is 52.3 Å². The summed E-state index contributed by atoms with van der Waals surface area (Å²) < 4.78 is 5.78. The fraction of sp³-hybridized carbons (Fsp3) is 0.0435. The Hall–Kier alpha value is -3.08. The third kappa shape index (κ3) is 4.34. The van der Waals surface area contributed by atoms with Crippen molar-refractivity contribution in [3.05, 3.63) is 81.8 Å². The van der Waals surface area contributed by atoms with Crippen LogP contribution in [0.5, 0.6) is 5.75 Å². The van der Waals surface area contributed by atoms with Gasteiger partial charge < -0.3 is 9.52 Å². The van der Waals surface area contributed by atoms with Gasteiger partial charge in [0.15, 0.2) is 5.58 Å². The molecule has 0 radical (unpaired) electrons. The highest BCUT2D eigenvalue weighted by Gasteiger charge is 2.12. The van der Waals surface area contributed by atoms with Crippen molar-refractivity contribution in [1.29, 1.82) is 0 Å². The van der Waals surface area contributed by atoms with Gasteiger partial charge >= 0.3 is 0 Å². The Morgan fingerprint density at radius 2 is 1.90 bits per heavy atom. The average molecular weight is 423 g/mol. The van der Waals surface area contributed by atoms with Crippen LogP contribution < -0.4 is 0 Å². The highest BCUT2D eigenvalue weighted by molar-refractivity contribution is 6.35. The van der Waals surface area contributed by atoms with Crippen molar-refractivity contribution in [1.82, 2.24) is 4.98 Å². The van der Waals surface area contributed by atoms with Crippen LogP contribution in [0.2, 0.25) is 10.0 Å². The van der Waals surface area contributed by atoms with Crippen LogP contribution in [0.1, 0.15) is 11.1 Å². The van der Waals surface area contributed by atoms with Crippen LogP contribution in [-0.4, -0.2) is 16.3 Å². The summed E-state index contributed by atoms with van der Waals surface area (Å²) in [5.74, 6) is 0.420. The van der Waals surface area contributed by atoms with Gasteiger partial charge in [0.2, 0.25) is 5.89 Å². The zero-order valence-electron chi connectivity index (χ0n) is 15.4. The minimum Gasteiger partial charge on any atom is -0.507 e. The number of halogens is 2. The van der Waals surface area contributed by atoms with Crippen LogP contribution in [0, 0.1) is 6.92 Å². The summed E-state index contributed by atoms with van der Waals surface area (Å²) >= 11 is 12.0. The number of fused-ring (bicyclic) bond motifs is 1. The van der Waals surface area contributed by atoms with E-state index in [2.05, 4.69) is 9.98 Å². The molecule has 1 heterocycles. The number of allylic oxidation sites excluding steroid dienone is 1. The van der Waals surface area contributed by atoms with Crippen LogP contribution >= 0.6 is 23.2 Å². The molecule has 0 fully saturated rings. The topological polar surface area (TPSA) is 58.6 Å². The molecule has 0 aliphatic heterocycles. The monoisotopic (exact) mass is 422 g/mol. The van der Waals surface area contributed by atoms with Gasteiger partial charge in [-0.2, -0.15) is 0 Å². The minimum absolute atomic E-state index is 0.0488. The van der Waals surface area contributed by atoms with E-state index in [1.54, 1.807) is 42.6 Å². The van der Waals surface area contributed by atoms with Crippen LogP contribution in [-0.2, 0) is 0 Å². The van der Waals surface area contributed by atoms with Crippen LogP contribution in [0.25, 0.3) is 28.6 Å². The number of aliphatic imine (C=N–C) groups is 1. The largest absolute Gasteiger partial charge is 0.507 e. The molecule has 0 aliphatic carbocycles. The Morgan fingerprint density at radius 1 is 1.03 bits per heavy atom. The first kappa shape index (κ1) is 19.2. The molecule has 0 bridgehead atoms. The van der Waals surface area contributed by atoms with E-state index in [1.165, 1.54) is 0 Å². The Labute approximate surface area is 177 Å². The third-order valence-corrected chi connectivity index (χ3v) is 4.87. The molecule has 0 atom stereocenters. The second-order valence-electron chi connectivity index (χ2n) is 6.49. The zero-order valence-corrected chi connectivity index (χ0v) is 16.9. The molecule has 4 nitrogen and oxygen atoms in total. The normalized spacial score (nSPS) is 11.8. The molecule has 0 saturated carbocycles. The summed E-state index contributed by atoms with van der Waals surface area (Å²) in [6.45, 7) is 1.99. The van der Waals surface area contributed by atoms with Crippen molar-refractivity contribution in [2.24, 2.45) is 4.99 Å². The summed E-state index contributed by atoms with van der Waals surface area (Å²) in [4.78, 5) is 8.77. The van der Waals surface area contributed by atoms with Gasteiger partial charge in [-0.1, -0.05) is 41.4 Å². The fourth-order valence-electron chi connectivity index (χ4n) is 2.84. The number of phenolic OH excluding ortho intramolecular Hbond substituents is 1. The summed E-state index contributed by atoms with van der Waals surface area (Å²) in [5.41, 5.74) is 4.48. The van der Waals surface area contributed by atoms with Gasteiger partial charge in [0.1, 0.15) is 11.3 Å². The van der Waals surface area contributed by atoms with Gasteiger partial charge in [-0.25, -0.2) is 4.98 Å². The lowest BCUT2D eigenvalue weighted by Gasteiger charge is -2.01. The van der Waals surface area contributed by atoms with Crippen LogP contribution in [0.4, 0.5) is 5.69 Å². The highest BCUT2D eigenvalue weighted by atomic mass is 35.5. The summed E-state index contributed by atoms with van der Waals surface area (Å²) in [5, 5.41) is 11.6. The standard InChI is InChI=1S/C23H16Cl2N2O2/c1-14-4-9-20-22(11-14)29-23(27-20)18-8-7-17(13-21(18)28)26-10-2-3-15-5-6-16(24)12-19(15)25/h2-13,28H,1H3/b3-2+,26-10?. The number of phenols is 1. The number of hydrogen-bond acceptors (Lipinski definition) is 4. The Bertz CT molecular complexity index is 1260. The SMILES string of the molecule is Cc1ccc2nc(-c3ccc(N=C/C=C/c4ccc(Cl)cc4Cl)cc3O)oc2c1. The van der Waals surface area contributed by atoms with Gasteiger partial charge in [-0.15, -0.1) is 0 Å². The summed E-state index contributed by atoms with van der Waals surface area (Å²) in [6, 6.07) is 16.2. The Morgan fingerprint density at radius 3 is 2.69 bits per heavy atom. The Kier molecular flexibility index (Phi) is 5.38. The van der Waals surface area contributed by atoms with E-state index in [1.807, 2.05) is 37.3 Å². The van der Waals surface area contributed by atoms with Gasteiger partial charge in [-0.3, -0.25) is 4.99 Å². The molecule has 4 aromatic rings. The zero-order chi connectivity index (χ0) is 20.4. The molecule has 4 rings (SSSR count). The second kappa shape index (κ2) is 8.11. The predicted octanol–water partition coefficient (Wildman–Crippen LogP) is 7.23. The number of rotatable bonds is 4. The maximum Gasteiger partial charge on any atom is 0.231 e. The Balaban J connectivity index is 1.53. The smallest absolute Gasteiger partial charge is 0.231 e. The molecule has 0 saturated heterocycles. The number of benzene rings is 3. The van der Waals surface area contributed by atoms with Crippen molar-refractivity contribution in [2.45, 2.75) is 6.92 Å². The number of hydrogen-bond donors (Lipinski definition) is 1. The lowest BCUT2D eigenvalue weighted by molar-refractivity contribution is 0.474. The summed E-state index contributed by atoms with van der Waals surface area (Å²) in [6.07, 6.45) is 5.22. The molecule has 0 unspecified atom stereocenters.